The molecule has 4 N–H and O–H groups in total. The molecule has 20 heavy (non-hydrogen) atoms. The number of nitrogens with zero attached hydrogens (tertiary/aromatic N) is 1. The number of rotatable bonds is 7. The molecule has 0 spiro atoms. The van der Waals surface area contributed by atoms with Crippen molar-refractivity contribution in [3.8, 4) is 5.88 Å². The average molecular weight is 283 g/mol. The fraction of sp³-hybridized carbons (Fsp3) is 0.417. The largest absolute Gasteiger partial charge is 0.481 e. The number of ether oxygens (including phenoxy) is 1. The van der Waals surface area contributed by atoms with Crippen LogP contribution in [0, 0.1) is 0 Å². The molecule has 110 valence electrons. The highest BCUT2D eigenvalue weighted by Gasteiger charge is 2.18. The lowest BCUT2D eigenvalue weighted by molar-refractivity contribution is -0.139. The van der Waals surface area contributed by atoms with Gasteiger partial charge < -0.3 is 25.6 Å². The van der Waals surface area contributed by atoms with Gasteiger partial charge in [0.05, 0.1) is 7.11 Å². The van der Waals surface area contributed by atoms with E-state index in [0.717, 1.165) is 5.56 Å². The summed E-state index contributed by atoms with van der Waals surface area (Å²) in [5.74, 6) is -0.729. The van der Waals surface area contributed by atoms with Gasteiger partial charge >= 0.3 is 12.0 Å². The number of carbonyl (C=O) groups is 2. The minimum atomic E-state index is -1.19. The number of hydrogen-bond acceptors (Lipinski definition) is 5. The van der Waals surface area contributed by atoms with Gasteiger partial charge in [0.25, 0.3) is 0 Å². The van der Waals surface area contributed by atoms with E-state index in [9.17, 15) is 9.59 Å². The number of aliphatic hydroxyl groups excluding tert-OH is 1. The summed E-state index contributed by atoms with van der Waals surface area (Å²) in [4.78, 5) is 26.3. The van der Waals surface area contributed by atoms with Crippen LogP contribution in [0.1, 0.15) is 12.0 Å². The predicted molar refractivity (Wildman–Crippen MR) is 69.3 cm³/mol. The molecular weight excluding hydrogens is 266 g/mol. The lowest BCUT2D eigenvalue weighted by Gasteiger charge is -2.14. The zero-order chi connectivity index (χ0) is 15.0. The molecule has 0 saturated carbocycles. The molecule has 0 unspecified atom stereocenters. The van der Waals surface area contributed by atoms with E-state index in [1.807, 2.05) is 0 Å². The van der Waals surface area contributed by atoms with Crippen molar-refractivity contribution in [1.82, 2.24) is 15.6 Å². The molecule has 1 heterocycles. The molecule has 8 nitrogen and oxygen atoms in total. The van der Waals surface area contributed by atoms with Crippen LogP contribution in [-0.2, 0) is 11.3 Å². The van der Waals surface area contributed by atoms with E-state index < -0.39 is 18.0 Å². The second kappa shape index (κ2) is 7.95. The van der Waals surface area contributed by atoms with Gasteiger partial charge in [-0.1, -0.05) is 6.07 Å². The van der Waals surface area contributed by atoms with Crippen LogP contribution >= 0.6 is 0 Å². The van der Waals surface area contributed by atoms with Crippen molar-refractivity contribution in [2.24, 2.45) is 0 Å². The number of aromatic nitrogens is 1. The third-order valence-corrected chi connectivity index (χ3v) is 2.48. The van der Waals surface area contributed by atoms with Crippen LogP contribution in [0.25, 0.3) is 0 Å². The van der Waals surface area contributed by atoms with Crippen LogP contribution in [0.3, 0.4) is 0 Å². The van der Waals surface area contributed by atoms with E-state index in [0.29, 0.717) is 5.88 Å². The highest BCUT2D eigenvalue weighted by Crippen LogP contribution is 2.06. The molecule has 0 aliphatic carbocycles. The van der Waals surface area contributed by atoms with Crippen molar-refractivity contribution >= 4 is 12.0 Å². The quantitative estimate of drug-likeness (QED) is 0.546. The Balaban J connectivity index is 2.43. The topological polar surface area (TPSA) is 121 Å². The van der Waals surface area contributed by atoms with Gasteiger partial charge in [0.15, 0.2) is 0 Å². The number of hydrogen-bond donors (Lipinski definition) is 4. The summed E-state index contributed by atoms with van der Waals surface area (Å²) in [7, 11) is 1.50. The SMILES string of the molecule is COc1ccc(CNC(=O)N[C@@H](CCO)C(=O)O)cn1. The molecule has 0 aliphatic rings. The third-order valence-electron chi connectivity index (χ3n) is 2.48. The molecule has 1 aromatic rings. The van der Waals surface area contributed by atoms with Gasteiger partial charge in [-0.05, 0) is 5.56 Å². The Hall–Kier alpha value is -2.35. The van der Waals surface area contributed by atoms with E-state index in [-0.39, 0.29) is 19.6 Å². The van der Waals surface area contributed by atoms with Gasteiger partial charge in [-0.15, -0.1) is 0 Å². The molecule has 0 fully saturated rings. The first-order valence-electron chi connectivity index (χ1n) is 5.93. The van der Waals surface area contributed by atoms with E-state index >= 15 is 0 Å². The number of urea groups is 1. The smallest absolute Gasteiger partial charge is 0.326 e. The summed E-state index contributed by atoms with van der Waals surface area (Å²) in [5.41, 5.74) is 0.745. The molecule has 1 atom stereocenters. The Morgan fingerprint density at radius 2 is 2.20 bits per heavy atom. The molecule has 1 rings (SSSR count). The Morgan fingerprint density at radius 3 is 2.70 bits per heavy atom. The van der Waals surface area contributed by atoms with Crippen LogP contribution in [0.2, 0.25) is 0 Å². The first-order chi connectivity index (χ1) is 9.56. The number of aliphatic hydroxyl groups is 1. The molecule has 0 aromatic carbocycles. The summed E-state index contributed by atoms with van der Waals surface area (Å²) in [6, 6.07) is 1.64. The number of aliphatic carboxylic acids is 1. The summed E-state index contributed by atoms with van der Waals surface area (Å²) in [5, 5.41) is 22.3. The lowest BCUT2D eigenvalue weighted by Crippen LogP contribution is -2.46. The molecule has 1 aromatic heterocycles. The van der Waals surface area contributed by atoms with Crippen LogP contribution in [0.4, 0.5) is 4.79 Å². The monoisotopic (exact) mass is 283 g/mol. The molecular formula is C12H17N3O5. The Bertz CT molecular complexity index is 449. The van der Waals surface area contributed by atoms with Gasteiger partial charge in [-0.3, -0.25) is 0 Å². The number of amides is 2. The number of carbonyl (C=O) groups excluding carboxylic acids is 1. The molecule has 0 radical (unpaired) electrons. The first kappa shape index (κ1) is 15.7. The minimum Gasteiger partial charge on any atom is -0.481 e. The molecule has 0 saturated heterocycles. The van der Waals surface area contributed by atoms with E-state index in [4.69, 9.17) is 14.9 Å². The number of carboxylic acid groups (broad SMARTS) is 1. The van der Waals surface area contributed by atoms with Gasteiger partial charge in [-0.25, -0.2) is 14.6 Å². The standard InChI is InChI=1S/C12H17N3O5/c1-20-10-3-2-8(6-13-10)7-14-12(19)15-9(4-5-16)11(17)18/h2-3,6,9,16H,4-5,7H2,1H3,(H,17,18)(H2,14,15,19)/t9-/m0/s1. The third kappa shape index (κ3) is 5.11. The highest BCUT2D eigenvalue weighted by molar-refractivity contribution is 5.82. The normalized spacial score (nSPS) is 11.5. The van der Waals surface area contributed by atoms with E-state index in [1.165, 1.54) is 7.11 Å². The molecule has 8 heteroatoms. The van der Waals surface area contributed by atoms with Crippen molar-refractivity contribution in [2.45, 2.75) is 19.0 Å². The molecule has 0 aliphatic heterocycles. The zero-order valence-corrected chi connectivity index (χ0v) is 11.0. The highest BCUT2D eigenvalue weighted by atomic mass is 16.5. The second-order valence-corrected chi connectivity index (χ2v) is 3.94. The van der Waals surface area contributed by atoms with Gasteiger partial charge in [-0.2, -0.15) is 0 Å². The van der Waals surface area contributed by atoms with Crippen molar-refractivity contribution in [1.29, 1.82) is 0 Å². The summed E-state index contributed by atoms with van der Waals surface area (Å²) < 4.78 is 4.90. The fourth-order valence-corrected chi connectivity index (χ4v) is 1.41. The number of carboxylic acids is 1. The minimum absolute atomic E-state index is 0.0488. The maximum atomic E-state index is 11.5. The van der Waals surface area contributed by atoms with Crippen LogP contribution in [0.15, 0.2) is 18.3 Å². The summed E-state index contributed by atoms with van der Waals surface area (Å²) in [6.07, 6.45) is 1.49. The van der Waals surface area contributed by atoms with E-state index in [2.05, 4.69) is 15.6 Å². The van der Waals surface area contributed by atoms with Crippen LogP contribution < -0.4 is 15.4 Å². The van der Waals surface area contributed by atoms with Gasteiger partial charge in [0.2, 0.25) is 5.88 Å². The average Bonchev–Trinajstić information content (AvgIpc) is 2.45. The Labute approximate surface area is 115 Å². The van der Waals surface area contributed by atoms with Gasteiger partial charge in [0, 0.05) is 31.8 Å². The second-order valence-electron chi connectivity index (χ2n) is 3.94. The predicted octanol–water partition coefficient (Wildman–Crippen LogP) is -0.275. The van der Waals surface area contributed by atoms with Gasteiger partial charge in [0.1, 0.15) is 6.04 Å². The summed E-state index contributed by atoms with van der Waals surface area (Å²) >= 11 is 0. The number of methoxy groups -OCH3 is 1. The van der Waals surface area contributed by atoms with Crippen molar-refractivity contribution in [3.63, 3.8) is 0 Å². The van der Waals surface area contributed by atoms with Crippen LogP contribution in [0.5, 0.6) is 5.88 Å². The fourth-order valence-electron chi connectivity index (χ4n) is 1.41. The molecule has 2 amide bonds. The Kier molecular flexibility index (Phi) is 6.24. The first-order valence-corrected chi connectivity index (χ1v) is 5.93. The maximum absolute atomic E-state index is 11.5. The Morgan fingerprint density at radius 1 is 1.45 bits per heavy atom. The number of pyridine rings is 1. The van der Waals surface area contributed by atoms with E-state index in [1.54, 1.807) is 18.3 Å². The van der Waals surface area contributed by atoms with Crippen molar-refractivity contribution < 1.29 is 24.5 Å². The van der Waals surface area contributed by atoms with Crippen molar-refractivity contribution in [2.75, 3.05) is 13.7 Å². The lowest BCUT2D eigenvalue weighted by atomic mass is 10.2. The van der Waals surface area contributed by atoms with Crippen molar-refractivity contribution in [3.05, 3.63) is 23.9 Å². The zero-order valence-electron chi connectivity index (χ0n) is 11.0. The molecule has 0 bridgehead atoms. The maximum Gasteiger partial charge on any atom is 0.326 e. The van der Waals surface area contributed by atoms with Crippen LogP contribution in [-0.4, -0.2) is 47.0 Å². The summed E-state index contributed by atoms with van der Waals surface area (Å²) in [6.45, 7) is -0.117. The number of nitrogens with one attached hydrogen (secondary N) is 2.